The van der Waals surface area contributed by atoms with Gasteiger partial charge in [-0.3, -0.25) is 9.78 Å². The first-order valence-electron chi connectivity index (χ1n) is 5.14. The molecular formula is C12H16NO2. The summed E-state index contributed by atoms with van der Waals surface area (Å²) in [5.74, 6) is 0.917. The molecule has 0 aliphatic carbocycles. The fourth-order valence-corrected chi connectivity index (χ4v) is 1.39. The van der Waals surface area contributed by atoms with E-state index < -0.39 is 0 Å². The fraction of sp³-hybridized carbons (Fsp3) is 0.500. The van der Waals surface area contributed by atoms with Gasteiger partial charge in [-0.15, -0.1) is 0 Å². The van der Waals surface area contributed by atoms with E-state index in [0.717, 1.165) is 29.7 Å². The quantitative estimate of drug-likeness (QED) is 0.671. The van der Waals surface area contributed by atoms with Gasteiger partial charge in [0, 0.05) is 29.9 Å². The highest BCUT2D eigenvalue weighted by molar-refractivity contribution is 5.50. The predicted molar refractivity (Wildman–Crippen MR) is 58.8 cm³/mol. The van der Waals surface area contributed by atoms with Gasteiger partial charge in [0.1, 0.15) is 5.75 Å². The number of aromatic nitrogens is 1. The maximum Gasteiger partial charge on any atom is 0.198 e. The average molecular weight is 206 g/mol. The largest absolute Gasteiger partial charge is 0.493 e. The van der Waals surface area contributed by atoms with Gasteiger partial charge in [0.15, 0.2) is 6.29 Å². The van der Waals surface area contributed by atoms with Crippen molar-refractivity contribution in [2.24, 2.45) is 0 Å². The smallest absolute Gasteiger partial charge is 0.198 e. The molecule has 1 heterocycles. The number of pyridine rings is 1. The summed E-state index contributed by atoms with van der Waals surface area (Å²) in [6.45, 7) is 4.61. The Bertz CT molecular complexity index is 303. The van der Waals surface area contributed by atoms with E-state index in [4.69, 9.17) is 4.74 Å². The van der Waals surface area contributed by atoms with Crippen molar-refractivity contribution in [2.75, 3.05) is 6.61 Å². The minimum atomic E-state index is 0.498. The first-order valence-corrected chi connectivity index (χ1v) is 5.14. The second kappa shape index (κ2) is 6.17. The fourth-order valence-electron chi connectivity index (χ4n) is 1.39. The lowest BCUT2D eigenvalue weighted by Crippen LogP contribution is -2.01. The van der Waals surface area contributed by atoms with Gasteiger partial charge in [0.25, 0.3) is 0 Å². The third-order valence-corrected chi connectivity index (χ3v) is 2.17. The molecular weight excluding hydrogens is 190 g/mol. The number of hydrogen-bond acceptors (Lipinski definition) is 3. The molecule has 0 amide bonds. The molecule has 0 aliphatic rings. The topological polar surface area (TPSA) is 39.2 Å². The summed E-state index contributed by atoms with van der Waals surface area (Å²) < 4.78 is 5.64. The minimum absolute atomic E-state index is 0.498. The SMILES string of the molecule is Cc1cncc(C)c1OCCCC[C]=O. The maximum atomic E-state index is 9.97. The maximum absolute atomic E-state index is 9.97. The molecule has 0 saturated carbocycles. The van der Waals surface area contributed by atoms with Gasteiger partial charge < -0.3 is 4.74 Å². The predicted octanol–water partition coefficient (Wildman–Crippen LogP) is 2.36. The third kappa shape index (κ3) is 3.70. The molecule has 3 nitrogen and oxygen atoms in total. The highest BCUT2D eigenvalue weighted by atomic mass is 16.5. The number of hydrogen-bond donors (Lipinski definition) is 0. The van der Waals surface area contributed by atoms with Gasteiger partial charge >= 0.3 is 0 Å². The highest BCUT2D eigenvalue weighted by Crippen LogP contribution is 2.21. The van der Waals surface area contributed by atoms with Crippen LogP contribution in [0.15, 0.2) is 12.4 Å². The molecule has 0 N–H and O–H groups in total. The van der Waals surface area contributed by atoms with E-state index in [0.29, 0.717) is 13.0 Å². The van der Waals surface area contributed by atoms with E-state index in [-0.39, 0.29) is 0 Å². The Kier molecular flexibility index (Phi) is 4.81. The zero-order chi connectivity index (χ0) is 11.1. The van der Waals surface area contributed by atoms with Crippen LogP contribution in [0, 0.1) is 13.8 Å². The van der Waals surface area contributed by atoms with Crippen LogP contribution in [0.4, 0.5) is 0 Å². The van der Waals surface area contributed by atoms with Crippen molar-refractivity contribution in [3.05, 3.63) is 23.5 Å². The highest BCUT2D eigenvalue weighted by Gasteiger charge is 2.02. The standard InChI is InChI=1S/C12H16NO2/c1-10-8-13-9-11(2)12(10)15-7-5-3-4-6-14/h8-9H,3-5,7H2,1-2H3. The van der Waals surface area contributed by atoms with Crippen molar-refractivity contribution >= 4 is 6.29 Å². The van der Waals surface area contributed by atoms with Crippen molar-refractivity contribution in [2.45, 2.75) is 33.1 Å². The third-order valence-electron chi connectivity index (χ3n) is 2.17. The Morgan fingerprint density at radius 3 is 2.53 bits per heavy atom. The normalized spacial score (nSPS) is 10.0. The van der Waals surface area contributed by atoms with Gasteiger partial charge in [0.2, 0.25) is 0 Å². The molecule has 1 aromatic rings. The van der Waals surface area contributed by atoms with E-state index >= 15 is 0 Å². The Hall–Kier alpha value is -1.38. The zero-order valence-electron chi connectivity index (χ0n) is 9.25. The molecule has 1 radical (unpaired) electrons. The Morgan fingerprint density at radius 2 is 1.93 bits per heavy atom. The number of aryl methyl sites for hydroxylation is 2. The zero-order valence-corrected chi connectivity index (χ0v) is 9.25. The summed E-state index contributed by atoms with van der Waals surface area (Å²) in [6, 6.07) is 0. The lowest BCUT2D eigenvalue weighted by Gasteiger charge is -2.10. The number of unbranched alkanes of at least 4 members (excludes halogenated alkanes) is 2. The van der Waals surface area contributed by atoms with E-state index in [1.165, 1.54) is 0 Å². The average Bonchev–Trinajstić information content (AvgIpc) is 2.21. The van der Waals surface area contributed by atoms with Crippen molar-refractivity contribution in [1.82, 2.24) is 4.98 Å². The van der Waals surface area contributed by atoms with Crippen molar-refractivity contribution < 1.29 is 9.53 Å². The summed E-state index contributed by atoms with van der Waals surface area (Å²) >= 11 is 0. The molecule has 15 heavy (non-hydrogen) atoms. The molecule has 1 rings (SSSR count). The first kappa shape index (κ1) is 11.7. The van der Waals surface area contributed by atoms with E-state index in [2.05, 4.69) is 4.98 Å². The van der Waals surface area contributed by atoms with Crippen LogP contribution in [0.5, 0.6) is 5.75 Å². The summed E-state index contributed by atoms with van der Waals surface area (Å²) in [7, 11) is 0. The lowest BCUT2D eigenvalue weighted by molar-refractivity contribution is 0.303. The van der Waals surface area contributed by atoms with Gasteiger partial charge in [-0.1, -0.05) is 0 Å². The van der Waals surface area contributed by atoms with Crippen LogP contribution in [-0.2, 0) is 4.79 Å². The molecule has 81 valence electrons. The van der Waals surface area contributed by atoms with E-state index in [9.17, 15) is 4.79 Å². The van der Waals surface area contributed by atoms with Crippen LogP contribution in [0.1, 0.15) is 30.4 Å². The number of carbonyl (C=O) groups excluding carboxylic acids is 1. The van der Waals surface area contributed by atoms with Gasteiger partial charge in [-0.25, -0.2) is 0 Å². The van der Waals surface area contributed by atoms with Gasteiger partial charge in [0.05, 0.1) is 6.61 Å². The molecule has 0 atom stereocenters. The Morgan fingerprint density at radius 1 is 1.27 bits per heavy atom. The van der Waals surface area contributed by atoms with E-state index in [1.54, 1.807) is 12.4 Å². The molecule has 0 saturated heterocycles. The molecule has 3 heteroatoms. The van der Waals surface area contributed by atoms with Crippen LogP contribution in [-0.4, -0.2) is 17.9 Å². The molecule has 0 fully saturated rings. The Balaban J connectivity index is 2.40. The number of rotatable bonds is 6. The van der Waals surface area contributed by atoms with Crippen LogP contribution < -0.4 is 4.74 Å². The minimum Gasteiger partial charge on any atom is -0.493 e. The molecule has 0 bridgehead atoms. The number of ether oxygens (including phenoxy) is 1. The lowest BCUT2D eigenvalue weighted by atomic mass is 10.2. The van der Waals surface area contributed by atoms with Crippen molar-refractivity contribution in [1.29, 1.82) is 0 Å². The van der Waals surface area contributed by atoms with Crippen molar-refractivity contribution in [3.8, 4) is 5.75 Å². The van der Waals surface area contributed by atoms with Crippen LogP contribution in [0.2, 0.25) is 0 Å². The van der Waals surface area contributed by atoms with Crippen LogP contribution in [0.3, 0.4) is 0 Å². The molecule has 0 unspecified atom stereocenters. The summed E-state index contributed by atoms with van der Waals surface area (Å²) in [4.78, 5) is 14.0. The summed E-state index contributed by atoms with van der Waals surface area (Å²) in [6.07, 6.45) is 7.68. The summed E-state index contributed by atoms with van der Waals surface area (Å²) in [5.41, 5.74) is 2.11. The summed E-state index contributed by atoms with van der Waals surface area (Å²) in [5, 5.41) is 0. The van der Waals surface area contributed by atoms with Gasteiger partial charge in [-0.2, -0.15) is 0 Å². The Labute approximate surface area is 90.5 Å². The monoisotopic (exact) mass is 206 g/mol. The van der Waals surface area contributed by atoms with Crippen LogP contribution >= 0.6 is 0 Å². The van der Waals surface area contributed by atoms with Crippen molar-refractivity contribution in [3.63, 3.8) is 0 Å². The molecule has 1 aromatic heterocycles. The first-order chi connectivity index (χ1) is 7.25. The van der Waals surface area contributed by atoms with E-state index in [1.807, 2.05) is 20.1 Å². The van der Waals surface area contributed by atoms with Crippen LogP contribution in [0.25, 0.3) is 0 Å². The molecule has 0 spiro atoms. The number of nitrogens with zero attached hydrogens (tertiary/aromatic N) is 1. The molecule has 0 aliphatic heterocycles. The van der Waals surface area contributed by atoms with Gasteiger partial charge in [-0.05, 0) is 26.7 Å². The molecule has 0 aromatic carbocycles. The second-order valence-electron chi connectivity index (χ2n) is 3.55. The second-order valence-corrected chi connectivity index (χ2v) is 3.55.